The van der Waals surface area contributed by atoms with Crippen molar-refractivity contribution in [1.29, 1.82) is 0 Å². The standard InChI is InChI=1S/C11H14N4O/c1-9-8-13-15(14-9)11-4-2-10(3-5-11)6-7-16-12/h2-5,8H,6-7,12H2,1H3. The Bertz CT molecular complexity index is 449. The van der Waals surface area contributed by atoms with Gasteiger partial charge in [-0.25, -0.2) is 5.90 Å². The van der Waals surface area contributed by atoms with Crippen LogP contribution in [-0.2, 0) is 11.3 Å². The fourth-order valence-corrected chi connectivity index (χ4v) is 1.44. The first-order valence-corrected chi connectivity index (χ1v) is 5.09. The van der Waals surface area contributed by atoms with Crippen molar-refractivity contribution in [2.75, 3.05) is 6.61 Å². The summed E-state index contributed by atoms with van der Waals surface area (Å²) in [5.74, 6) is 4.98. The Morgan fingerprint density at radius 1 is 1.31 bits per heavy atom. The second-order valence-electron chi connectivity index (χ2n) is 3.56. The molecule has 0 aliphatic carbocycles. The van der Waals surface area contributed by atoms with Crippen molar-refractivity contribution >= 4 is 0 Å². The van der Waals surface area contributed by atoms with Crippen molar-refractivity contribution in [1.82, 2.24) is 15.0 Å². The van der Waals surface area contributed by atoms with Crippen LogP contribution < -0.4 is 5.90 Å². The maximum absolute atomic E-state index is 4.98. The Morgan fingerprint density at radius 3 is 2.62 bits per heavy atom. The van der Waals surface area contributed by atoms with Crippen LogP contribution in [0.25, 0.3) is 5.69 Å². The average molecular weight is 218 g/mol. The van der Waals surface area contributed by atoms with E-state index in [9.17, 15) is 0 Å². The number of aryl methyl sites for hydroxylation is 1. The van der Waals surface area contributed by atoms with Gasteiger partial charge in [0.15, 0.2) is 0 Å². The molecule has 5 nitrogen and oxygen atoms in total. The summed E-state index contributed by atoms with van der Waals surface area (Å²) in [4.78, 5) is 6.14. The molecule has 1 heterocycles. The Kier molecular flexibility index (Phi) is 3.28. The minimum absolute atomic E-state index is 0.526. The molecule has 0 amide bonds. The van der Waals surface area contributed by atoms with E-state index in [1.54, 1.807) is 11.0 Å². The fourth-order valence-electron chi connectivity index (χ4n) is 1.44. The highest BCUT2D eigenvalue weighted by Gasteiger charge is 1.99. The third-order valence-electron chi connectivity index (χ3n) is 2.28. The zero-order valence-electron chi connectivity index (χ0n) is 9.13. The highest BCUT2D eigenvalue weighted by Crippen LogP contribution is 2.08. The lowest BCUT2D eigenvalue weighted by Gasteiger charge is -2.02. The molecule has 5 heteroatoms. The lowest BCUT2D eigenvalue weighted by molar-refractivity contribution is 0.141. The summed E-state index contributed by atoms with van der Waals surface area (Å²) in [5.41, 5.74) is 3.03. The van der Waals surface area contributed by atoms with E-state index in [4.69, 9.17) is 5.90 Å². The minimum Gasteiger partial charge on any atom is -0.304 e. The highest BCUT2D eigenvalue weighted by atomic mass is 16.6. The first-order valence-electron chi connectivity index (χ1n) is 5.09. The lowest BCUT2D eigenvalue weighted by Crippen LogP contribution is -2.04. The van der Waals surface area contributed by atoms with Crippen LogP contribution in [0.1, 0.15) is 11.3 Å². The van der Waals surface area contributed by atoms with Gasteiger partial charge in [0.2, 0.25) is 0 Å². The molecule has 0 aliphatic rings. The molecule has 1 aromatic heterocycles. The van der Waals surface area contributed by atoms with Crippen molar-refractivity contribution in [3.63, 3.8) is 0 Å². The fraction of sp³-hybridized carbons (Fsp3) is 0.273. The summed E-state index contributed by atoms with van der Waals surface area (Å²) < 4.78 is 0. The molecule has 16 heavy (non-hydrogen) atoms. The van der Waals surface area contributed by atoms with E-state index in [2.05, 4.69) is 15.0 Å². The molecule has 0 aliphatic heterocycles. The Hall–Kier alpha value is -1.72. The molecule has 1 aromatic carbocycles. The zero-order valence-corrected chi connectivity index (χ0v) is 9.13. The molecule has 2 aromatic rings. The van der Waals surface area contributed by atoms with Gasteiger partial charge in [0, 0.05) is 0 Å². The van der Waals surface area contributed by atoms with Gasteiger partial charge >= 0.3 is 0 Å². The van der Waals surface area contributed by atoms with E-state index >= 15 is 0 Å². The third-order valence-corrected chi connectivity index (χ3v) is 2.28. The molecule has 0 unspecified atom stereocenters. The van der Waals surface area contributed by atoms with Crippen LogP contribution in [0.4, 0.5) is 0 Å². The predicted molar refractivity (Wildman–Crippen MR) is 59.9 cm³/mol. The number of aromatic nitrogens is 3. The van der Waals surface area contributed by atoms with Crippen molar-refractivity contribution in [3.05, 3.63) is 41.7 Å². The average Bonchev–Trinajstić information content (AvgIpc) is 2.74. The SMILES string of the molecule is Cc1cnn(-c2ccc(CCON)cc2)n1. The molecular formula is C11H14N4O. The van der Waals surface area contributed by atoms with E-state index < -0.39 is 0 Å². The van der Waals surface area contributed by atoms with Gasteiger partial charge in [-0.15, -0.1) is 0 Å². The highest BCUT2D eigenvalue weighted by molar-refractivity contribution is 5.32. The predicted octanol–water partition coefficient (Wildman–Crippen LogP) is 1.01. The zero-order chi connectivity index (χ0) is 11.4. The van der Waals surface area contributed by atoms with Gasteiger partial charge in [-0.2, -0.15) is 15.0 Å². The summed E-state index contributed by atoms with van der Waals surface area (Å²) in [6, 6.07) is 8.00. The van der Waals surface area contributed by atoms with Gasteiger partial charge in [0.05, 0.1) is 24.2 Å². The topological polar surface area (TPSA) is 66.0 Å². The molecule has 0 radical (unpaired) electrons. The summed E-state index contributed by atoms with van der Waals surface area (Å²) in [6.07, 6.45) is 2.54. The van der Waals surface area contributed by atoms with Crippen molar-refractivity contribution in [2.24, 2.45) is 5.90 Å². The number of hydrogen-bond acceptors (Lipinski definition) is 4. The first-order chi connectivity index (χ1) is 7.79. The number of hydrogen-bond donors (Lipinski definition) is 1. The van der Waals surface area contributed by atoms with E-state index in [0.29, 0.717) is 6.61 Å². The molecule has 0 saturated heterocycles. The lowest BCUT2D eigenvalue weighted by atomic mass is 10.1. The monoisotopic (exact) mass is 218 g/mol. The van der Waals surface area contributed by atoms with E-state index in [0.717, 1.165) is 17.8 Å². The summed E-state index contributed by atoms with van der Waals surface area (Å²) in [5, 5.41) is 8.37. The number of nitrogens with zero attached hydrogens (tertiary/aromatic N) is 3. The molecule has 2 N–H and O–H groups in total. The molecule has 2 rings (SSSR count). The molecule has 0 fully saturated rings. The molecule has 0 bridgehead atoms. The maximum Gasteiger partial charge on any atom is 0.0856 e. The maximum atomic E-state index is 4.98. The van der Waals surface area contributed by atoms with Gasteiger partial charge in [-0.1, -0.05) is 12.1 Å². The van der Waals surface area contributed by atoms with Crippen LogP contribution >= 0.6 is 0 Å². The third kappa shape index (κ3) is 2.44. The van der Waals surface area contributed by atoms with Gasteiger partial charge in [0.1, 0.15) is 0 Å². The van der Waals surface area contributed by atoms with Gasteiger partial charge < -0.3 is 4.84 Å². The van der Waals surface area contributed by atoms with Crippen LogP contribution in [-0.4, -0.2) is 21.6 Å². The first kappa shape index (κ1) is 10.8. The van der Waals surface area contributed by atoms with Crippen molar-refractivity contribution in [2.45, 2.75) is 13.3 Å². The normalized spacial score (nSPS) is 10.6. The van der Waals surface area contributed by atoms with Crippen molar-refractivity contribution < 1.29 is 4.84 Å². The Labute approximate surface area is 93.8 Å². The number of nitrogens with two attached hydrogens (primary N) is 1. The number of rotatable bonds is 4. The summed E-state index contributed by atoms with van der Waals surface area (Å²) >= 11 is 0. The molecular weight excluding hydrogens is 204 g/mol. The number of benzene rings is 1. The van der Waals surface area contributed by atoms with Crippen LogP contribution in [0, 0.1) is 6.92 Å². The van der Waals surface area contributed by atoms with Crippen LogP contribution in [0.15, 0.2) is 30.5 Å². The van der Waals surface area contributed by atoms with E-state index in [1.807, 2.05) is 31.2 Å². The molecule has 84 valence electrons. The molecule has 0 atom stereocenters. The summed E-state index contributed by atoms with van der Waals surface area (Å²) in [6.45, 7) is 2.44. The van der Waals surface area contributed by atoms with Gasteiger partial charge in [0.25, 0.3) is 0 Å². The van der Waals surface area contributed by atoms with E-state index in [-0.39, 0.29) is 0 Å². The minimum atomic E-state index is 0.526. The smallest absolute Gasteiger partial charge is 0.0856 e. The van der Waals surface area contributed by atoms with E-state index in [1.165, 1.54) is 5.56 Å². The van der Waals surface area contributed by atoms with Crippen molar-refractivity contribution in [3.8, 4) is 5.69 Å². The summed E-state index contributed by atoms with van der Waals surface area (Å²) in [7, 11) is 0. The van der Waals surface area contributed by atoms with Gasteiger partial charge in [-0.3, -0.25) is 0 Å². The van der Waals surface area contributed by atoms with Crippen LogP contribution in [0.3, 0.4) is 0 Å². The van der Waals surface area contributed by atoms with Crippen LogP contribution in [0.2, 0.25) is 0 Å². The Balaban J connectivity index is 2.13. The second kappa shape index (κ2) is 4.87. The van der Waals surface area contributed by atoms with Gasteiger partial charge in [-0.05, 0) is 31.0 Å². The second-order valence-corrected chi connectivity index (χ2v) is 3.56. The largest absolute Gasteiger partial charge is 0.304 e. The molecule has 0 spiro atoms. The quantitative estimate of drug-likeness (QED) is 0.778. The molecule has 0 saturated carbocycles. The van der Waals surface area contributed by atoms with Crippen LogP contribution in [0.5, 0.6) is 0 Å². The Morgan fingerprint density at radius 2 is 2.06 bits per heavy atom.